The Morgan fingerprint density at radius 2 is 2.05 bits per heavy atom. The maximum atomic E-state index is 12.2. The van der Waals surface area contributed by atoms with Crippen molar-refractivity contribution in [2.75, 3.05) is 24.2 Å². The van der Waals surface area contributed by atoms with Crippen LogP contribution in [-0.4, -0.2) is 35.2 Å². The molecule has 0 spiro atoms. The van der Waals surface area contributed by atoms with E-state index in [9.17, 15) is 4.79 Å². The smallest absolute Gasteiger partial charge is 0.322 e. The highest BCUT2D eigenvalue weighted by molar-refractivity contribution is 5.89. The Morgan fingerprint density at radius 1 is 1.37 bits per heavy atom. The van der Waals surface area contributed by atoms with Gasteiger partial charge in [-0.15, -0.1) is 0 Å². The Labute approximate surface area is 113 Å². The number of aliphatic hydroxyl groups is 1. The number of aliphatic hydroxyl groups excluding tert-OH is 1. The summed E-state index contributed by atoms with van der Waals surface area (Å²) in [6.45, 7) is 0.709. The lowest BCUT2D eigenvalue weighted by Crippen LogP contribution is -2.46. The lowest BCUT2D eigenvalue weighted by atomic mass is 9.91. The van der Waals surface area contributed by atoms with E-state index in [4.69, 9.17) is 10.8 Å². The summed E-state index contributed by atoms with van der Waals surface area (Å²) in [6.07, 6.45) is 3.91. The van der Waals surface area contributed by atoms with Crippen LogP contribution in [0.4, 0.5) is 16.2 Å². The van der Waals surface area contributed by atoms with Crippen LogP contribution in [-0.2, 0) is 0 Å². The quantitative estimate of drug-likeness (QED) is 0.711. The van der Waals surface area contributed by atoms with Crippen molar-refractivity contribution >= 4 is 17.4 Å². The van der Waals surface area contributed by atoms with E-state index < -0.39 is 0 Å². The molecule has 5 heteroatoms. The minimum atomic E-state index is -0.0945. The normalized spacial score (nSPS) is 14.8. The van der Waals surface area contributed by atoms with Gasteiger partial charge < -0.3 is 21.1 Å². The molecular weight excluding hydrogens is 242 g/mol. The third-order valence-electron chi connectivity index (χ3n) is 3.50. The zero-order valence-corrected chi connectivity index (χ0v) is 11.0. The molecule has 1 aliphatic carbocycles. The van der Waals surface area contributed by atoms with Gasteiger partial charge in [0, 0.05) is 30.6 Å². The van der Waals surface area contributed by atoms with E-state index in [0.29, 0.717) is 24.7 Å². The van der Waals surface area contributed by atoms with Crippen LogP contribution in [0.15, 0.2) is 24.3 Å². The highest BCUT2D eigenvalue weighted by Gasteiger charge is 2.28. The number of amides is 2. The van der Waals surface area contributed by atoms with Crippen LogP contribution in [0.25, 0.3) is 0 Å². The molecule has 0 aromatic heterocycles. The van der Waals surface area contributed by atoms with Crippen molar-refractivity contribution in [2.24, 2.45) is 0 Å². The average molecular weight is 263 g/mol. The van der Waals surface area contributed by atoms with Gasteiger partial charge in [-0.25, -0.2) is 4.79 Å². The maximum absolute atomic E-state index is 12.2. The number of urea groups is 1. The van der Waals surface area contributed by atoms with Crippen molar-refractivity contribution in [3.63, 3.8) is 0 Å². The number of hydrogen-bond donors (Lipinski definition) is 3. The molecule has 4 N–H and O–H groups in total. The van der Waals surface area contributed by atoms with Crippen LogP contribution in [0.5, 0.6) is 0 Å². The lowest BCUT2D eigenvalue weighted by Gasteiger charge is -2.37. The van der Waals surface area contributed by atoms with Crippen molar-refractivity contribution in [2.45, 2.75) is 31.7 Å². The first-order chi connectivity index (χ1) is 9.20. The maximum Gasteiger partial charge on any atom is 0.322 e. The second kappa shape index (κ2) is 6.43. The first-order valence-corrected chi connectivity index (χ1v) is 6.74. The van der Waals surface area contributed by atoms with Crippen LogP contribution < -0.4 is 11.1 Å². The van der Waals surface area contributed by atoms with E-state index >= 15 is 0 Å². The van der Waals surface area contributed by atoms with Gasteiger partial charge in [-0.2, -0.15) is 0 Å². The Bertz CT molecular complexity index is 415. The Balaban J connectivity index is 1.96. The van der Waals surface area contributed by atoms with Crippen molar-refractivity contribution in [1.82, 2.24) is 4.90 Å². The zero-order chi connectivity index (χ0) is 13.7. The number of nitrogens with one attached hydrogen (secondary N) is 1. The fraction of sp³-hybridized carbons (Fsp3) is 0.500. The molecule has 104 valence electrons. The van der Waals surface area contributed by atoms with E-state index in [1.165, 1.54) is 6.42 Å². The van der Waals surface area contributed by atoms with Gasteiger partial charge in [0.1, 0.15) is 0 Å². The van der Waals surface area contributed by atoms with Crippen LogP contribution in [0.1, 0.15) is 25.7 Å². The highest BCUT2D eigenvalue weighted by Crippen LogP contribution is 2.25. The molecule has 0 heterocycles. The molecule has 2 rings (SSSR count). The highest BCUT2D eigenvalue weighted by atomic mass is 16.3. The summed E-state index contributed by atoms with van der Waals surface area (Å²) in [5.74, 6) is 0. The topological polar surface area (TPSA) is 78.6 Å². The summed E-state index contributed by atoms with van der Waals surface area (Å²) in [5.41, 5.74) is 7.03. The standard InChI is InChI=1S/C14H21N3O2/c15-11-5-7-12(8-6-11)16-14(19)17(9-2-10-18)13-3-1-4-13/h5-8,13,18H,1-4,9-10,15H2,(H,16,19). The van der Waals surface area contributed by atoms with Gasteiger partial charge >= 0.3 is 6.03 Å². The number of nitrogen functional groups attached to an aromatic ring is 1. The molecular formula is C14H21N3O2. The summed E-state index contributed by atoms with van der Waals surface area (Å²) in [7, 11) is 0. The first kappa shape index (κ1) is 13.7. The van der Waals surface area contributed by atoms with Crippen molar-refractivity contribution in [1.29, 1.82) is 0 Å². The second-order valence-electron chi connectivity index (χ2n) is 4.91. The molecule has 19 heavy (non-hydrogen) atoms. The number of anilines is 2. The average Bonchev–Trinajstić information content (AvgIpc) is 2.34. The minimum Gasteiger partial charge on any atom is -0.399 e. The van der Waals surface area contributed by atoms with Crippen LogP contribution in [0.3, 0.4) is 0 Å². The number of rotatable bonds is 5. The van der Waals surface area contributed by atoms with E-state index in [1.807, 2.05) is 4.90 Å². The number of carbonyl (C=O) groups is 1. The predicted octanol–water partition coefficient (Wildman–Crippen LogP) is 2.04. The van der Waals surface area contributed by atoms with Gasteiger partial charge in [0.05, 0.1) is 0 Å². The van der Waals surface area contributed by atoms with E-state index in [-0.39, 0.29) is 12.6 Å². The number of hydrogen-bond acceptors (Lipinski definition) is 3. The fourth-order valence-electron chi connectivity index (χ4n) is 2.15. The molecule has 5 nitrogen and oxygen atoms in total. The first-order valence-electron chi connectivity index (χ1n) is 6.74. The summed E-state index contributed by atoms with van der Waals surface area (Å²) in [4.78, 5) is 14.1. The van der Waals surface area contributed by atoms with E-state index in [2.05, 4.69) is 5.32 Å². The summed E-state index contributed by atoms with van der Waals surface area (Å²) >= 11 is 0. The Hall–Kier alpha value is -1.75. The van der Waals surface area contributed by atoms with Crippen molar-refractivity contribution in [3.05, 3.63) is 24.3 Å². The van der Waals surface area contributed by atoms with E-state index in [0.717, 1.165) is 18.5 Å². The molecule has 0 atom stereocenters. The molecule has 2 amide bonds. The summed E-state index contributed by atoms with van der Waals surface area (Å²) in [6, 6.07) is 7.33. The Kier molecular flexibility index (Phi) is 4.63. The third kappa shape index (κ3) is 3.61. The zero-order valence-electron chi connectivity index (χ0n) is 11.0. The molecule has 1 saturated carbocycles. The van der Waals surface area contributed by atoms with Crippen molar-refractivity contribution in [3.8, 4) is 0 Å². The van der Waals surface area contributed by atoms with Gasteiger partial charge in [0.2, 0.25) is 0 Å². The predicted molar refractivity (Wildman–Crippen MR) is 75.9 cm³/mol. The number of nitrogens with two attached hydrogens (primary N) is 1. The van der Waals surface area contributed by atoms with Crippen molar-refractivity contribution < 1.29 is 9.90 Å². The molecule has 0 aliphatic heterocycles. The molecule has 1 fully saturated rings. The SMILES string of the molecule is Nc1ccc(NC(=O)N(CCCO)C2CCC2)cc1. The van der Waals surface area contributed by atoms with Gasteiger partial charge in [-0.1, -0.05) is 0 Å². The van der Waals surface area contributed by atoms with Gasteiger partial charge in [-0.3, -0.25) is 0 Å². The summed E-state index contributed by atoms with van der Waals surface area (Å²) < 4.78 is 0. The molecule has 1 aromatic rings. The molecule has 1 aromatic carbocycles. The number of carbonyl (C=O) groups excluding carboxylic acids is 1. The molecule has 0 unspecified atom stereocenters. The lowest BCUT2D eigenvalue weighted by molar-refractivity contribution is 0.140. The van der Waals surface area contributed by atoms with E-state index in [1.54, 1.807) is 24.3 Å². The largest absolute Gasteiger partial charge is 0.399 e. The monoisotopic (exact) mass is 263 g/mol. The van der Waals surface area contributed by atoms with Crippen LogP contribution >= 0.6 is 0 Å². The van der Waals surface area contributed by atoms with Gasteiger partial charge in [-0.05, 0) is 49.9 Å². The third-order valence-corrected chi connectivity index (χ3v) is 3.50. The molecule has 0 bridgehead atoms. The minimum absolute atomic E-state index is 0.0945. The molecule has 0 saturated heterocycles. The number of nitrogens with zero attached hydrogens (tertiary/aromatic N) is 1. The van der Waals surface area contributed by atoms with Gasteiger partial charge in [0.25, 0.3) is 0 Å². The Morgan fingerprint density at radius 3 is 2.58 bits per heavy atom. The fourth-order valence-corrected chi connectivity index (χ4v) is 2.15. The molecule has 0 radical (unpaired) electrons. The number of benzene rings is 1. The molecule has 1 aliphatic rings. The second-order valence-corrected chi connectivity index (χ2v) is 4.91. The van der Waals surface area contributed by atoms with Gasteiger partial charge in [0.15, 0.2) is 0 Å². The van der Waals surface area contributed by atoms with Crippen LogP contribution in [0.2, 0.25) is 0 Å². The van der Waals surface area contributed by atoms with Crippen LogP contribution in [0, 0.1) is 0 Å². The summed E-state index contributed by atoms with van der Waals surface area (Å²) in [5, 5.41) is 11.8.